The molecule has 0 saturated carbocycles. The molecule has 68 valence electrons. The van der Waals surface area contributed by atoms with Crippen LogP contribution in [-0.2, 0) is 6.54 Å². The van der Waals surface area contributed by atoms with E-state index in [0.29, 0.717) is 5.82 Å². The van der Waals surface area contributed by atoms with Crippen molar-refractivity contribution in [2.45, 2.75) is 13.5 Å². The molecule has 0 fully saturated rings. The number of hydrogen-bond acceptors (Lipinski definition) is 4. The van der Waals surface area contributed by atoms with Gasteiger partial charge in [0.2, 0.25) is 5.82 Å². The molecular weight excluding hydrogens is 172 g/mol. The lowest BCUT2D eigenvalue weighted by Crippen LogP contribution is -1.98. The standard InChI is InChI=1S/C7H8N4O2/c1-2-11-4-8-3-5(11)6-9-7(12)13-10-6/h3-4H,2H2,1H3,(H,9,10,12). The number of imidazole rings is 1. The minimum Gasteiger partial charge on any atom is -0.328 e. The van der Waals surface area contributed by atoms with Crippen LogP contribution in [0.2, 0.25) is 0 Å². The van der Waals surface area contributed by atoms with Crippen molar-refractivity contribution in [3.8, 4) is 11.5 Å². The number of H-pyrrole nitrogens is 1. The molecule has 1 N–H and O–H groups in total. The second kappa shape index (κ2) is 2.89. The maximum Gasteiger partial charge on any atom is 0.439 e. The van der Waals surface area contributed by atoms with Crippen LogP contribution in [0.3, 0.4) is 0 Å². The number of aromatic nitrogens is 4. The van der Waals surface area contributed by atoms with Gasteiger partial charge in [0.05, 0.1) is 12.5 Å². The van der Waals surface area contributed by atoms with Crippen LogP contribution < -0.4 is 5.76 Å². The molecule has 2 aromatic rings. The largest absolute Gasteiger partial charge is 0.439 e. The second-order valence-electron chi connectivity index (χ2n) is 2.51. The fraction of sp³-hybridized carbons (Fsp3) is 0.286. The summed E-state index contributed by atoms with van der Waals surface area (Å²) >= 11 is 0. The zero-order valence-electron chi connectivity index (χ0n) is 7.02. The molecule has 2 heterocycles. The monoisotopic (exact) mass is 180 g/mol. The molecule has 0 aliphatic rings. The molecule has 0 bridgehead atoms. The van der Waals surface area contributed by atoms with Crippen molar-refractivity contribution in [2.75, 3.05) is 0 Å². The van der Waals surface area contributed by atoms with Crippen molar-refractivity contribution in [3.63, 3.8) is 0 Å². The van der Waals surface area contributed by atoms with Crippen LogP contribution in [0.5, 0.6) is 0 Å². The first kappa shape index (κ1) is 7.78. The van der Waals surface area contributed by atoms with Crippen molar-refractivity contribution in [1.29, 1.82) is 0 Å². The van der Waals surface area contributed by atoms with Gasteiger partial charge in [0.1, 0.15) is 5.69 Å². The van der Waals surface area contributed by atoms with Gasteiger partial charge in [-0.3, -0.25) is 9.51 Å². The minimum atomic E-state index is -0.557. The highest BCUT2D eigenvalue weighted by atomic mass is 16.5. The van der Waals surface area contributed by atoms with Crippen LogP contribution >= 0.6 is 0 Å². The first-order chi connectivity index (χ1) is 6.31. The number of rotatable bonds is 2. The maximum absolute atomic E-state index is 10.7. The zero-order valence-corrected chi connectivity index (χ0v) is 7.02. The highest BCUT2D eigenvalue weighted by Gasteiger charge is 2.08. The normalized spacial score (nSPS) is 10.5. The lowest BCUT2D eigenvalue weighted by molar-refractivity contribution is 0.387. The first-order valence-corrected chi connectivity index (χ1v) is 3.87. The van der Waals surface area contributed by atoms with E-state index in [-0.39, 0.29) is 0 Å². The average molecular weight is 180 g/mol. The number of aryl methyl sites for hydroxylation is 1. The van der Waals surface area contributed by atoms with Gasteiger partial charge >= 0.3 is 5.76 Å². The third kappa shape index (κ3) is 1.26. The van der Waals surface area contributed by atoms with Gasteiger partial charge in [-0.05, 0) is 6.92 Å². The highest BCUT2D eigenvalue weighted by molar-refractivity contribution is 5.46. The van der Waals surface area contributed by atoms with Gasteiger partial charge in [0.25, 0.3) is 0 Å². The summed E-state index contributed by atoms with van der Waals surface area (Å²) < 4.78 is 6.24. The summed E-state index contributed by atoms with van der Waals surface area (Å²) in [5, 5.41) is 3.56. The second-order valence-corrected chi connectivity index (χ2v) is 2.51. The van der Waals surface area contributed by atoms with Crippen LogP contribution in [0.25, 0.3) is 11.5 Å². The maximum atomic E-state index is 10.7. The molecule has 2 aromatic heterocycles. The molecule has 0 saturated heterocycles. The molecule has 0 aliphatic carbocycles. The van der Waals surface area contributed by atoms with E-state index in [1.165, 1.54) is 0 Å². The van der Waals surface area contributed by atoms with Crippen molar-refractivity contribution in [3.05, 3.63) is 23.1 Å². The van der Waals surface area contributed by atoms with E-state index < -0.39 is 5.76 Å². The van der Waals surface area contributed by atoms with Crippen LogP contribution in [0, 0.1) is 0 Å². The quantitative estimate of drug-likeness (QED) is 0.718. The van der Waals surface area contributed by atoms with E-state index in [2.05, 4.69) is 19.6 Å². The van der Waals surface area contributed by atoms with Gasteiger partial charge in [0, 0.05) is 6.54 Å². The Kier molecular flexibility index (Phi) is 1.73. The van der Waals surface area contributed by atoms with E-state index in [4.69, 9.17) is 0 Å². The fourth-order valence-electron chi connectivity index (χ4n) is 1.11. The smallest absolute Gasteiger partial charge is 0.328 e. The van der Waals surface area contributed by atoms with Crippen LogP contribution in [0.15, 0.2) is 21.8 Å². The predicted molar refractivity (Wildman–Crippen MR) is 44.0 cm³/mol. The van der Waals surface area contributed by atoms with E-state index in [9.17, 15) is 4.79 Å². The Balaban J connectivity index is 2.51. The third-order valence-corrected chi connectivity index (χ3v) is 1.74. The summed E-state index contributed by atoms with van der Waals surface area (Å²) in [7, 11) is 0. The zero-order chi connectivity index (χ0) is 9.26. The molecule has 6 nitrogen and oxygen atoms in total. The molecule has 0 radical (unpaired) electrons. The molecule has 13 heavy (non-hydrogen) atoms. The molecular formula is C7H8N4O2. The minimum absolute atomic E-state index is 0.407. The average Bonchev–Trinajstić information content (AvgIpc) is 2.71. The van der Waals surface area contributed by atoms with Gasteiger partial charge in [-0.1, -0.05) is 5.16 Å². The summed E-state index contributed by atoms with van der Waals surface area (Å²) in [6, 6.07) is 0. The van der Waals surface area contributed by atoms with Crippen LogP contribution in [0.4, 0.5) is 0 Å². The number of nitrogens with zero attached hydrogens (tertiary/aromatic N) is 3. The number of hydrogen-bond donors (Lipinski definition) is 1. The topological polar surface area (TPSA) is 76.7 Å². The van der Waals surface area contributed by atoms with Crippen molar-refractivity contribution >= 4 is 0 Å². The van der Waals surface area contributed by atoms with Gasteiger partial charge in [-0.25, -0.2) is 9.78 Å². The lowest BCUT2D eigenvalue weighted by Gasteiger charge is -1.98. The Labute approximate surface area is 73.2 Å². The SMILES string of the molecule is CCn1cncc1-c1noc(=O)[nH]1. The Hall–Kier alpha value is -1.85. The van der Waals surface area contributed by atoms with Crippen LogP contribution in [0.1, 0.15) is 6.92 Å². The molecule has 0 spiro atoms. The Bertz CT molecular complexity index is 453. The van der Waals surface area contributed by atoms with E-state index in [1.807, 2.05) is 11.5 Å². The molecule has 0 aromatic carbocycles. The van der Waals surface area contributed by atoms with E-state index >= 15 is 0 Å². The molecule has 0 amide bonds. The Morgan fingerprint density at radius 3 is 3.15 bits per heavy atom. The van der Waals surface area contributed by atoms with Crippen LogP contribution in [-0.4, -0.2) is 19.7 Å². The molecule has 0 atom stereocenters. The fourth-order valence-corrected chi connectivity index (χ4v) is 1.11. The molecule has 2 rings (SSSR count). The number of aromatic amines is 1. The predicted octanol–water partition coefficient (Wildman–Crippen LogP) is 0.246. The number of nitrogens with one attached hydrogen (secondary N) is 1. The van der Waals surface area contributed by atoms with Gasteiger partial charge in [-0.2, -0.15) is 0 Å². The summed E-state index contributed by atoms with van der Waals surface area (Å²) in [5.74, 6) is -0.150. The highest BCUT2D eigenvalue weighted by Crippen LogP contribution is 2.11. The van der Waals surface area contributed by atoms with Gasteiger partial charge in [0.15, 0.2) is 0 Å². The summed E-state index contributed by atoms with van der Waals surface area (Å²) in [4.78, 5) is 17.1. The van der Waals surface area contributed by atoms with E-state index in [0.717, 1.165) is 12.2 Å². The summed E-state index contributed by atoms with van der Waals surface area (Å²) in [6.07, 6.45) is 3.29. The molecule has 6 heteroatoms. The van der Waals surface area contributed by atoms with Crippen molar-refractivity contribution < 1.29 is 4.52 Å². The Morgan fingerprint density at radius 1 is 1.69 bits per heavy atom. The third-order valence-electron chi connectivity index (χ3n) is 1.74. The van der Waals surface area contributed by atoms with Crippen molar-refractivity contribution in [1.82, 2.24) is 19.7 Å². The summed E-state index contributed by atoms with van der Waals surface area (Å²) in [6.45, 7) is 2.74. The molecule has 0 unspecified atom stereocenters. The van der Waals surface area contributed by atoms with E-state index in [1.54, 1.807) is 12.5 Å². The lowest BCUT2D eigenvalue weighted by atomic mass is 10.4. The van der Waals surface area contributed by atoms with Crippen molar-refractivity contribution in [2.24, 2.45) is 0 Å². The van der Waals surface area contributed by atoms with Gasteiger partial charge < -0.3 is 4.57 Å². The van der Waals surface area contributed by atoms with Gasteiger partial charge in [-0.15, -0.1) is 0 Å². The first-order valence-electron chi connectivity index (χ1n) is 3.87. The summed E-state index contributed by atoms with van der Waals surface area (Å²) in [5.41, 5.74) is 0.744. The molecule has 0 aliphatic heterocycles. The Morgan fingerprint density at radius 2 is 2.54 bits per heavy atom.